The molecule has 0 bridgehead atoms. The number of hydrogen-bond donors (Lipinski definition) is 4. The van der Waals surface area contributed by atoms with Crippen LogP contribution in [0, 0.1) is 15.9 Å². The number of hydrogen-bond acceptors (Lipinski definition) is 6. The van der Waals surface area contributed by atoms with Gasteiger partial charge in [-0.25, -0.2) is 4.79 Å². The van der Waals surface area contributed by atoms with Crippen LogP contribution >= 0.6 is 0 Å². The SMILES string of the molecule is O=C(C[C@@H]1NC(=O)[C@H](Cc2ccccc2)NC1=O)N[C@@H](Cc1ccc(F)c([N+](=O)[O-])c1)C(=O)O. The zero-order valence-electron chi connectivity index (χ0n) is 17.7. The lowest BCUT2D eigenvalue weighted by Crippen LogP contribution is -2.63. The average Bonchev–Trinajstić information content (AvgIpc) is 2.78. The van der Waals surface area contributed by atoms with E-state index in [0.29, 0.717) is 0 Å². The molecule has 0 unspecified atom stereocenters. The Balaban J connectivity index is 1.59. The number of benzene rings is 2. The van der Waals surface area contributed by atoms with Gasteiger partial charge in [-0.15, -0.1) is 0 Å². The van der Waals surface area contributed by atoms with Crippen molar-refractivity contribution in [3.05, 3.63) is 75.6 Å². The van der Waals surface area contributed by atoms with Gasteiger partial charge in [-0.05, 0) is 17.2 Å². The highest BCUT2D eigenvalue weighted by atomic mass is 19.1. The van der Waals surface area contributed by atoms with Crippen LogP contribution < -0.4 is 16.0 Å². The average molecular weight is 472 g/mol. The molecule has 1 heterocycles. The summed E-state index contributed by atoms with van der Waals surface area (Å²) in [5.74, 6) is -4.40. The van der Waals surface area contributed by atoms with Crippen LogP contribution in [-0.4, -0.2) is 51.8 Å². The van der Waals surface area contributed by atoms with Crippen LogP contribution in [0.3, 0.4) is 0 Å². The summed E-state index contributed by atoms with van der Waals surface area (Å²) in [6.07, 6.45) is -0.601. The molecular weight excluding hydrogens is 451 g/mol. The number of piperazine rings is 1. The quantitative estimate of drug-likeness (QED) is 0.304. The molecule has 11 nitrogen and oxygen atoms in total. The molecule has 1 saturated heterocycles. The summed E-state index contributed by atoms with van der Waals surface area (Å²) in [5.41, 5.74) is 0.136. The molecule has 34 heavy (non-hydrogen) atoms. The normalized spacial score (nSPS) is 18.4. The zero-order valence-corrected chi connectivity index (χ0v) is 17.7. The van der Waals surface area contributed by atoms with E-state index in [9.17, 15) is 38.8 Å². The van der Waals surface area contributed by atoms with Crippen molar-refractivity contribution >= 4 is 29.4 Å². The van der Waals surface area contributed by atoms with Gasteiger partial charge < -0.3 is 21.1 Å². The molecule has 2 aromatic rings. The Morgan fingerprint density at radius 3 is 2.35 bits per heavy atom. The third-order valence-corrected chi connectivity index (χ3v) is 5.22. The van der Waals surface area contributed by atoms with Crippen LogP contribution in [0.5, 0.6) is 0 Å². The molecule has 4 N–H and O–H groups in total. The van der Waals surface area contributed by atoms with E-state index in [1.807, 2.05) is 6.07 Å². The number of carbonyl (C=O) groups is 4. The van der Waals surface area contributed by atoms with Gasteiger partial charge in [0.1, 0.15) is 18.1 Å². The van der Waals surface area contributed by atoms with Crippen molar-refractivity contribution in [2.75, 3.05) is 0 Å². The molecule has 0 aromatic heterocycles. The first-order chi connectivity index (χ1) is 16.1. The van der Waals surface area contributed by atoms with Crippen molar-refractivity contribution < 1.29 is 33.6 Å². The first-order valence-corrected chi connectivity index (χ1v) is 10.2. The van der Waals surface area contributed by atoms with Crippen LogP contribution in [0.25, 0.3) is 0 Å². The second-order valence-corrected chi connectivity index (χ2v) is 7.72. The van der Waals surface area contributed by atoms with Crippen LogP contribution in [-0.2, 0) is 32.0 Å². The fraction of sp³-hybridized carbons (Fsp3) is 0.273. The highest BCUT2D eigenvalue weighted by Crippen LogP contribution is 2.19. The second kappa shape index (κ2) is 10.5. The van der Waals surface area contributed by atoms with Gasteiger partial charge in [-0.2, -0.15) is 4.39 Å². The maximum absolute atomic E-state index is 13.5. The number of carboxylic acids is 1. The molecule has 12 heteroatoms. The van der Waals surface area contributed by atoms with E-state index in [1.165, 1.54) is 6.07 Å². The van der Waals surface area contributed by atoms with E-state index in [-0.39, 0.29) is 18.4 Å². The summed E-state index contributed by atoms with van der Waals surface area (Å²) in [6, 6.07) is 8.43. The maximum Gasteiger partial charge on any atom is 0.326 e. The molecule has 3 atom stereocenters. The topological polar surface area (TPSA) is 168 Å². The van der Waals surface area contributed by atoms with Crippen LogP contribution in [0.4, 0.5) is 10.1 Å². The summed E-state index contributed by atoms with van der Waals surface area (Å²) < 4.78 is 13.5. The number of nitrogens with one attached hydrogen (secondary N) is 3. The Morgan fingerprint density at radius 1 is 1.06 bits per heavy atom. The summed E-state index contributed by atoms with van der Waals surface area (Å²) >= 11 is 0. The van der Waals surface area contributed by atoms with Crippen LogP contribution in [0.15, 0.2) is 48.5 Å². The molecule has 3 rings (SSSR count). The number of nitro groups is 1. The standard InChI is InChI=1S/C22H21FN4O7/c23-14-7-6-13(10-18(14)27(33)34)9-17(22(31)32)24-19(28)11-16-21(30)25-15(20(29)26-16)8-12-4-2-1-3-5-12/h1-7,10,15-17H,8-9,11H2,(H,24,28)(H,25,30)(H,26,29)(H,31,32)/t15-,16-,17-/m0/s1. The van der Waals surface area contributed by atoms with Gasteiger partial charge >= 0.3 is 11.7 Å². The van der Waals surface area contributed by atoms with Gasteiger partial charge in [0.05, 0.1) is 11.3 Å². The number of nitrogens with zero attached hydrogens (tertiary/aromatic N) is 1. The number of carboxylic acid groups (broad SMARTS) is 1. The third kappa shape index (κ3) is 6.12. The van der Waals surface area contributed by atoms with Crippen molar-refractivity contribution in [3.8, 4) is 0 Å². The van der Waals surface area contributed by atoms with E-state index in [1.54, 1.807) is 24.3 Å². The highest BCUT2D eigenvalue weighted by Gasteiger charge is 2.35. The van der Waals surface area contributed by atoms with E-state index >= 15 is 0 Å². The largest absolute Gasteiger partial charge is 0.480 e. The number of halogens is 1. The Bertz CT molecular complexity index is 1130. The van der Waals surface area contributed by atoms with E-state index in [2.05, 4.69) is 16.0 Å². The van der Waals surface area contributed by atoms with Crippen LogP contribution in [0.1, 0.15) is 17.5 Å². The molecule has 2 aromatic carbocycles. The maximum atomic E-state index is 13.5. The monoisotopic (exact) mass is 472 g/mol. The summed E-state index contributed by atoms with van der Waals surface area (Å²) in [7, 11) is 0. The Kier molecular flexibility index (Phi) is 7.51. The molecule has 1 aliphatic heterocycles. The number of aliphatic carboxylic acids is 1. The van der Waals surface area contributed by atoms with E-state index in [0.717, 1.165) is 17.7 Å². The highest BCUT2D eigenvalue weighted by molar-refractivity contribution is 5.99. The predicted molar refractivity (Wildman–Crippen MR) is 115 cm³/mol. The van der Waals surface area contributed by atoms with Gasteiger partial charge in [-0.1, -0.05) is 36.4 Å². The Labute approximate surface area is 192 Å². The minimum Gasteiger partial charge on any atom is -0.480 e. The Morgan fingerprint density at radius 2 is 1.71 bits per heavy atom. The second-order valence-electron chi connectivity index (χ2n) is 7.72. The van der Waals surface area contributed by atoms with Gasteiger partial charge in [0.2, 0.25) is 23.5 Å². The molecule has 0 aliphatic carbocycles. The summed E-state index contributed by atoms with van der Waals surface area (Å²) in [4.78, 5) is 58.7. The molecule has 178 valence electrons. The molecule has 0 radical (unpaired) electrons. The lowest BCUT2D eigenvalue weighted by Gasteiger charge is -2.29. The lowest BCUT2D eigenvalue weighted by molar-refractivity contribution is -0.387. The van der Waals surface area contributed by atoms with Crippen molar-refractivity contribution in [3.63, 3.8) is 0 Å². The lowest BCUT2D eigenvalue weighted by atomic mass is 10.0. The van der Waals surface area contributed by atoms with Gasteiger partial charge in [-0.3, -0.25) is 24.5 Å². The first-order valence-electron chi connectivity index (χ1n) is 10.2. The fourth-order valence-corrected chi connectivity index (χ4v) is 3.51. The minimum atomic E-state index is -1.49. The van der Waals surface area contributed by atoms with Crippen molar-refractivity contribution in [2.45, 2.75) is 37.4 Å². The van der Waals surface area contributed by atoms with Crippen LogP contribution in [0.2, 0.25) is 0 Å². The zero-order chi connectivity index (χ0) is 24.8. The smallest absolute Gasteiger partial charge is 0.326 e. The van der Waals surface area contributed by atoms with Gasteiger partial charge in [0.15, 0.2) is 0 Å². The summed E-state index contributed by atoms with van der Waals surface area (Å²) in [6.45, 7) is 0. The van der Waals surface area contributed by atoms with E-state index < -0.39 is 64.7 Å². The predicted octanol–water partition coefficient (Wildman–Crippen LogP) is 0.462. The molecule has 3 amide bonds. The minimum absolute atomic E-state index is 0.119. The molecule has 0 saturated carbocycles. The third-order valence-electron chi connectivity index (χ3n) is 5.22. The van der Waals surface area contributed by atoms with Crippen molar-refractivity contribution in [2.24, 2.45) is 0 Å². The Hall–Kier alpha value is -4.35. The molecule has 1 aliphatic rings. The number of rotatable bonds is 9. The summed E-state index contributed by atoms with van der Waals surface area (Å²) in [5, 5.41) is 27.6. The fourth-order valence-electron chi connectivity index (χ4n) is 3.51. The first kappa shape index (κ1) is 24.3. The van der Waals surface area contributed by atoms with Crippen molar-refractivity contribution in [1.29, 1.82) is 0 Å². The number of carbonyl (C=O) groups excluding carboxylic acids is 3. The van der Waals surface area contributed by atoms with Gasteiger partial charge in [0, 0.05) is 18.9 Å². The van der Waals surface area contributed by atoms with E-state index in [4.69, 9.17) is 0 Å². The molecule has 1 fully saturated rings. The number of amides is 3. The number of nitro benzene ring substituents is 1. The van der Waals surface area contributed by atoms with Crippen molar-refractivity contribution in [1.82, 2.24) is 16.0 Å². The molecule has 0 spiro atoms. The van der Waals surface area contributed by atoms with Gasteiger partial charge in [0.25, 0.3) is 0 Å². The molecular formula is C22H21FN4O7.